The van der Waals surface area contributed by atoms with Crippen molar-refractivity contribution in [3.63, 3.8) is 0 Å². The van der Waals surface area contributed by atoms with Crippen LogP contribution in [0.3, 0.4) is 0 Å². The predicted molar refractivity (Wildman–Crippen MR) is 87.9 cm³/mol. The molecule has 0 aliphatic heterocycles. The van der Waals surface area contributed by atoms with E-state index in [0.717, 1.165) is 38.2 Å². The summed E-state index contributed by atoms with van der Waals surface area (Å²) in [4.78, 5) is 12.0. The second kappa shape index (κ2) is 11.2. The summed E-state index contributed by atoms with van der Waals surface area (Å²) < 4.78 is 5.59. The normalized spacial score (nSPS) is 10.4. The molecule has 1 N–H and O–H groups in total. The van der Waals surface area contributed by atoms with Crippen LogP contribution in [0.15, 0.2) is 24.3 Å². The number of unbranched alkanes of at least 4 members (excludes halogenated alkanes) is 5. The van der Waals surface area contributed by atoms with E-state index in [1.165, 1.54) is 25.7 Å². The van der Waals surface area contributed by atoms with Gasteiger partial charge in [-0.25, -0.2) is 0 Å². The minimum atomic E-state index is 0.00518. The fourth-order valence-electron chi connectivity index (χ4n) is 2.07. The molecule has 1 rings (SSSR count). The van der Waals surface area contributed by atoms with Gasteiger partial charge in [0.15, 0.2) is 0 Å². The quantitative estimate of drug-likeness (QED) is 0.607. The molecule has 0 heterocycles. The van der Waals surface area contributed by atoms with E-state index in [0.29, 0.717) is 5.56 Å². The van der Waals surface area contributed by atoms with Crippen molar-refractivity contribution in [2.45, 2.75) is 58.8 Å². The fraction of sp³-hybridized carbons (Fsp3) is 0.611. The smallest absolute Gasteiger partial charge is 0.251 e. The molecule has 0 aromatic heterocycles. The number of hydrogen-bond acceptors (Lipinski definition) is 2. The van der Waals surface area contributed by atoms with Gasteiger partial charge in [0.25, 0.3) is 5.91 Å². The molecule has 0 fully saturated rings. The topological polar surface area (TPSA) is 38.3 Å². The van der Waals surface area contributed by atoms with Crippen molar-refractivity contribution in [2.75, 3.05) is 13.2 Å². The molecule has 0 atom stereocenters. The summed E-state index contributed by atoms with van der Waals surface area (Å²) in [5.74, 6) is 0.838. The molecule has 0 spiro atoms. The number of amides is 1. The number of carbonyl (C=O) groups is 1. The lowest BCUT2D eigenvalue weighted by atomic mass is 10.1. The third-order valence-corrected chi connectivity index (χ3v) is 3.45. The summed E-state index contributed by atoms with van der Waals surface area (Å²) in [5.41, 5.74) is 0.700. The molecule has 3 nitrogen and oxygen atoms in total. The molecule has 3 heteroatoms. The molecule has 0 aliphatic carbocycles. The Morgan fingerprint density at radius 2 is 1.62 bits per heavy atom. The Balaban J connectivity index is 2.24. The van der Waals surface area contributed by atoms with E-state index >= 15 is 0 Å². The fourth-order valence-corrected chi connectivity index (χ4v) is 2.07. The predicted octanol–water partition coefficient (Wildman–Crippen LogP) is 4.57. The van der Waals surface area contributed by atoms with Crippen LogP contribution in [0.5, 0.6) is 5.75 Å². The molecular formula is C18H29NO2. The molecule has 0 saturated heterocycles. The Kier molecular flexibility index (Phi) is 9.34. The van der Waals surface area contributed by atoms with E-state index in [9.17, 15) is 4.79 Å². The van der Waals surface area contributed by atoms with Crippen molar-refractivity contribution >= 4 is 5.91 Å². The standard InChI is InChI=1S/C18H29NO2/c1-3-5-7-8-9-14-19-18(20)16-10-12-17(13-11-16)21-15-6-4-2/h10-13H,3-9,14-15H2,1-2H3,(H,19,20). The molecule has 0 bridgehead atoms. The summed E-state index contributed by atoms with van der Waals surface area (Å²) in [7, 11) is 0. The van der Waals surface area contributed by atoms with Gasteiger partial charge >= 0.3 is 0 Å². The molecule has 21 heavy (non-hydrogen) atoms. The largest absolute Gasteiger partial charge is 0.494 e. The van der Waals surface area contributed by atoms with E-state index in [1.807, 2.05) is 24.3 Å². The minimum absolute atomic E-state index is 0.00518. The monoisotopic (exact) mass is 291 g/mol. The number of hydrogen-bond donors (Lipinski definition) is 1. The zero-order valence-corrected chi connectivity index (χ0v) is 13.5. The number of ether oxygens (including phenoxy) is 1. The molecule has 118 valence electrons. The Morgan fingerprint density at radius 3 is 2.29 bits per heavy atom. The SMILES string of the molecule is CCCCCCCNC(=O)c1ccc(OCCCC)cc1. The summed E-state index contributed by atoms with van der Waals surface area (Å²) in [6.07, 6.45) is 8.23. The van der Waals surface area contributed by atoms with Crippen LogP contribution in [-0.2, 0) is 0 Å². The molecule has 0 aliphatic rings. The van der Waals surface area contributed by atoms with Crippen LogP contribution in [0.1, 0.15) is 69.2 Å². The van der Waals surface area contributed by atoms with Gasteiger partial charge in [0, 0.05) is 12.1 Å². The summed E-state index contributed by atoms with van der Waals surface area (Å²) >= 11 is 0. The molecule has 1 aromatic carbocycles. The second-order valence-corrected chi connectivity index (χ2v) is 5.40. The number of nitrogens with one attached hydrogen (secondary N) is 1. The van der Waals surface area contributed by atoms with Gasteiger partial charge in [0.2, 0.25) is 0 Å². The van der Waals surface area contributed by atoms with Crippen LogP contribution in [0.2, 0.25) is 0 Å². The average molecular weight is 291 g/mol. The van der Waals surface area contributed by atoms with E-state index in [4.69, 9.17) is 4.74 Å². The maximum atomic E-state index is 12.0. The van der Waals surface area contributed by atoms with Gasteiger partial charge < -0.3 is 10.1 Å². The number of carbonyl (C=O) groups excluding carboxylic acids is 1. The third-order valence-electron chi connectivity index (χ3n) is 3.45. The first-order valence-corrected chi connectivity index (χ1v) is 8.29. The maximum absolute atomic E-state index is 12.0. The first-order valence-electron chi connectivity index (χ1n) is 8.29. The van der Waals surface area contributed by atoms with Gasteiger partial charge in [0.1, 0.15) is 5.75 Å². The average Bonchev–Trinajstić information content (AvgIpc) is 2.51. The van der Waals surface area contributed by atoms with Crippen molar-refractivity contribution < 1.29 is 9.53 Å². The van der Waals surface area contributed by atoms with E-state index < -0.39 is 0 Å². The lowest BCUT2D eigenvalue weighted by Crippen LogP contribution is -2.24. The highest BCUT2D eigenvalue weighted by Gasteiger charge is 2.04. The van der Waals surface area contributed by atoms with Crippen molar-refractivity contribution in [3.05, 3.63) is 29.8 Å². The number of rotatable bonds is 11. The third kappa shape index (κ3) is 7.74. The number of benzene rings is 1. The molecular weight excluding hydrogens is 262 g/mol. The van der Waals surface area contributed by atoms with Crippen LogP contribution in [0.4, 0.5) is 0 Å². The highest BCUT2D eigenvalue weighted by molar-refractivity contribution is 5.94. The maximum Gasteiger partial charge on any atom is 0.251 e. The van der Waals surface area contributed by atoms with Crippen molar-refractivity contribution in [3.8, 4) is 5.75 Å². The second-order valence-electron chi connectivity index (χ2n) is 5.40. The molecule has 0 radical (unpaired) electrons. The van der Waals surface area contributed by atoms with Gasteiger partial charge in [-0.15, -0.1) is 0 Å². The summed E-state index contributed by atoms with van der Waals surface area (Å²) in [5, 5.41) is 2.97. The van der Waals surface area contributed by atoms with Gasteiger partial charge in [-0.1, -0.05) is 46.0 Å². The molecule has 1 amide bonds. The first kappa shape index (κ1) is 17.5. The Morgan fingerprint density at radius 1 is 0.952 bits per heavy atom. The molecule has 0 saturated carbocycles. The lowest BCUT2D eigenvalue weighted by Gasteiger charge is -2.07. The highest BCUT2D eigenvalue weighted by Crippen LogP contribution is 2.12. The van der Waals surface area contributed by atoms with Crippen molar-refractivity contribution in [2.24, 2.45) is 0 Å². The highest BCUT2D eigenvalue weighted by atomic mass is 16.5. The van der Waals surface area contributed by atoms with Crippen molar-refractivity contribution in [1.82, 2.24) is 5.32 Å². The molecule has 0 unspecified atom stereocenters. The van der Waals surface area contributed by atoms with Gasteiger partial charge in [-0.3, -0.25) is 4.79 Å². The van der Waals surface area contributed by atoms with Gasteiger partial charge in [-0.2, -0.15) is 0 Å². The van der Waals surface area contributed by atoms with Crippen LogP contribution in [-0.4, -0.2) is 19.1 Å². The first-order chi connectivity index (χ1) is 10.3. The lowest BCUT2D eigenvalue weighted by molar-refractivity contribution is 0.0953. The summed E-state index contributed by atoms with van der Waals surface area (Å²) in [6, 6.07) is 7.39. The Labute approximate surface area is 129 Å². The Hall–Kier alpha value is -1.51. The zero-order chi connectivity index (χ0) is 15.3. The minimum Gasteiger partial charge on any atom is -0.494 e. The van der Waals surface area contributed by atoms with Crippen LogP contribution in [0.25, 0.3) is 0 Å². The zero-order valence-electron chi connectivity index (χ0n) is 13.5. The van der Waals surface area contributed by atoms with E-state index in [2.05, 4.69) is 19.2 Å². The van der Waals surface area contributed by atoms with Crippen LogP contribution in [0, 0.1) is 0 Å². The van der Waals surface area contributed by atoms with E-state index in [-0.39, 0.29) is 5.91 Å². The van der Waals surface area contributed by atoms with Gasteiger partial charge in [-0.05, 0) is 37.1 Å². The Bertz CT molecular complexity index is 387. The van der Waals surface area contributed by atoms with Crippen molar-refractivity contribution in [1.29, 1.82) is 0 Å². The molecule has 1 aromatic rings. The van der Waals surface area contributed by atoms with E-state index in [1.54, 1.807) is 0 Å². The van der Waals surface area contributed by atoms with Crippen LogP contribution >= 0.6 is 0 Å². The summed E-state index contributed by atoms with van der Waals surface area (Å²) in [6.45, 7) is 5.84. The van der Waals surface area contributed by atoms with Crippen LogP contribution < -0.4 is 10.1 Å². The van der Waals surface area contributed by atoms with Gasteiger partial charge in [0.05, 0.1) is 6.61 Å².